The average Bonchev–Trinajstić information content (AvgIpc) is 3.31. The number of nitrogens with two attached hydrogens (primary N) is 1. The van der Waals surface area contributed by atoms with Gasteiger partial charge >= 0.3 is 5.97 Å². The van der Waals surface area contributed by atoms with Crippen LogP contribution < -0.4 is 5.73 Å². The molecule has 0 fully saturated rings. The van der Waals surface area contributed by atoms with Crippen molar-refractivity contribution in [2.24, 2.45) is 0 Å². The summed E-state index contributed by atoms with van der Waals surface area (Å²) in [6.07, 6.45) is 5.69. The van der Waals surface area contributed by atoms with Crippen molar-refractivity contribution in [1.82, 2.24) is 30.2 Å². The summed E-state index contributed by atoms with van der Waals surface area (Å²) < 4.78 is 5.35. The highest BCUT2D eigenvalue weighted by atomic mass is 32.1. The molecule has 4 aromatic rings. The van der Waals surface area contributed by atoms with Gasteiger partial charge in [0.1, 0.15) is 10.6 Å². The van der Waals surface area contributed by atoms with Gasteiger partial charge in [0.05, 0.1) is 5.39 Å². The van der Waals surface area contributed by atoms with E-state index in [1.165, 1.54) is 34.5 Å². The predicted molar refractivity (Wildman–Crippen MR) is 121 cm³/mol. The number of esters is 1. The van der Waals surface area contributed by atoms with E-state index in [0.29, 0.717) is 17.5 Å². The summed E-state index contributed by atoms with van der Waals surface area (Å²) in [5, 5.41) is 13.2. The van der Waals surface area contributed by atoms with Crippen molar-refractivity contribution in [2.75, 3.05) is 5.73 Å². The molecule has 3 heterocycles. The van der Waals surface area contributed by atoms with E-state index < -0.39 is 5.97 Å². The molecule has 0 saturated heterocycles. The molecule has 0 amide bonds. The Kier molecular flexibility index (Phi) is 5.52. The average molecular weight is 450 g/mol. The molecule has 0 saturated carbocycles. The molecule has 3 aromatic heterocycles. The molecule has 0 bridgehead atoms. The van der Waals surface area contributed by atoms with Crippen LogP contribution in [0.2, 0.25) is 0 Å². The Balaban J connectivity index is 1.25. The van der Waals surface area contributed by atoms with Crippen LogP contribution in [0.15, 0.2) is 24.3 Å². The monoisotopic (exact) mass is 449 g/mol. The van der Waals surface area contributed by atoms with Gasteiger partial charge in [-0.2, -0.15) is 4.80 Å². The molecule has 9 nitrogen and oxygen atoms in total. The molecule has 0 aliphatic heterocycles. The van der Waals surface area contributed by atoms with Crippen LogP contribution in [0, 0.1) is 6.92 Å². The van der Waals surface area contributed by atoms with Gasteiger partial charge in [0, 0.05) is 10.4 Å². The molecule has 10 heteroatoms. The normalized spacial score (nSPS) is 13.7. The molecule has 0 spiro atoms. The van der Waals surface area contributed by atoms with Crippen LogP contribution in [0.25, 0.3) is 21.6 Å². The number of hydrogen-bond donors (Lipinski definition) is 1. The van der Waals surface area contributed by atoms with Crippen LogP contribution in [0.3, 0.4) is 0 Å². The van der Waals surface area contributed by atoms with Gasteiger partial charge in [-0.15, -0.1) is 21.5 Å². The zero-order valence-corrected chi connectivity index (χ0v) is 18.6. The summed E-state index contributed by atoms with van der Waals surface area (Å²) in [6, 6.07) is 7.77. The smallest absolute Gasteiger partial charge is 0.330 e. The van der Waals surface area contributed by atoms with Crippen LogP contribution in [0.4, 0.5) is 5.82 Å². The highest BCUT2D eigenvalue weighted by molar-refractivity contribution is 7.19. The lowest BCUT2D eigenvalue weighted by Gasteiger charge is -2.06. The summed E-state index contributed by atoms with van der Waals surface area (Å²) in [7, 11) is 0. The molecule has 0 unspecified atom stereocenters. The largest absolute Gasteiger partial charge is 0.456 e. The van der Waals surface area contributed by atoms with Crippen molar-refractivity contribution in [1.29, 1.82) is 0 Å². The van der Waals surface area contributed by atoms with Crippen molar-refractivity contribution < 1.29 is 9.53 Å². The van der Waals surface area contributed by atoms with Crippen molar-refractivity contribution in [3.63, 3.8) is 0 Å². The number of thiophene rings is 1. The van der Waals surface area contributed by atoms with Crippen molar-refractivity contribution in [2.45, 2.75) is 52.2 Å². The van der Waals surface area contributed by atoms with Crippen molar-refractivity contribution in [3.05, 3.63) is 46.1 Å². The maximum absolute atomic E-state index is 12.3. The van der Waals surface area contributed by atoms with Gasteiger partial charge in [-0.3, -0.25) is 0 Å². The zero-order valence-electron chi connectivity index (χ0n) is 17.7. The second kappa shape index (κ2) is 8.62. The van der Waals surface area contributed by atoms with Crippen LogP contribution in [-0.2, 0) is 35.5 Å². The summed E-state index contributed by atoms with van der Waals surface area (Å²) in [5.41, 5.74) is 9.53. The fourth-order valence-corrected chi connectivity index (χ4v) is 5.20. The van der Waals surface area contributed by atoms with Crippen molar-refractivity contribution in [3.8, 4) is 11.4 Å². The molecule has 1 aliphatic rings. The van der Waals surface area contributed by atoms with Gasteiger partial charge in [-0.25, -0.2) is 14.8 Å². The lowest BCUT2D eigenvalue weighted by Crippen LogP contribution is -2.16. The van der Waals surface area contributed by atoms with E-state index in [0.717, 1.165) is 34.2 Å². The van der Waals surface area contributed by atoms with Crippen LogP contribution in [0.5, 0.6) is 0 Å². The Labute approximate surface area is 188 Å². The van der Waals surface area contributed by atoms with Crippen LogP contribution >= 0.6 is 11.3 Å². The molecule has 0 radical (unpaired) electrons. The van der Waals surface area contributed by atoms with E-state index >= 15 is 0 Å². The number of hydrogen-bond acceptors (Lipinski definition) is 9. The van der Waals surface area contributed by atoms with Gasteiger partial charge in [0.2, 0.25) is 5.82 Å². The highest BCUT2D eigenvalue weighted by Crippen LogP contribution is 2.37. The number of nitrogens with zero attached hydrogens (tertiary/aromatic N) is 6. The number of carbonyl (C=O) groups excluding carboxylic acids is 1. The summed E-state index contributed by atoms with van der Waals surface area (Å²) >= 11 is 1.68. The SMILES string of the molecule is Cc1ccc(-c2nnn(CC(=O)OCc3nc(N)c4c5c(sc4n3)CCCCC5)n2)cc1. The first-order valence-corrected chi connectivity index (χ1v) is 11.5. The number of carbonyl (C=O) groups is 1. The molecule has 2 N–H and O–H groups in total. The summed E-state index contributed by atoms with van der Waals surface area (Å²) in [6.45, 7) is 1.80. The number of anilines is 1. The number of tetrazole rings is 1. The molecular formula is C22H23N7O2S. The maximum Gasteiger partial charge on any atom is 0.330 e. The van der Waals surface area contributed by atoms with E-state index in [-0.39, 0.29) is 13.2 Å². The zero-order chi connectivity index (χ0) is 22.1. The molecule has 1 aromatic carbocycles. The Bertz CT molecular complexity index is 1280. The van der Waals surface area contributed by atoms with Gasteiger partial charge in [0.15, 0.2) is 19.0 Å². The molecule has 164 valence electrons. The number of benzene rings is 1. The van der Waals surface area contributed by atoms with E-state index in [4.69, 9.17) is 10.5 Å². The van der Waals surface area contributed by atoms with E-state index in [1.54, 1.807) is 11.3 Å². The minimum absolute atomic E-state index is 0.0545. The Morgan fingerprint density at radius 1 is 1.16 bits per heavy atom. The molecule has 1 aliphatic carbocycles. The minimum Gasteiger partial charge on any atom is -0.456 e. The highest BCUT2D eigenvalue weighted by Gasteiger charge is 2.20. The maximum atomic E-state index is 12.3. The minimum atomic E-state index is -0.498. The number of fused-ring (bicyclic) bond motifs is 3. The second-order valence-electron chi connectivity index (χ2n) is 7.94. The third kappa shape index (κ3) is 4.18. The fourth-order valence-electron chi connectivity index (χ4n) is 3.91. The number of ether oxygens (including phenoxy) is 1. The third-order valence-corrected chi connectivity index (χ3v) is 6.72. The quantitative estimate of drug-likeness (QED) is 0.364. The molecule has 0 atom stereocenters. The molecule has 5 rings (SSSR count). The lowest BCUT2D eigenvalue weighted by molar-refractivity contribution is -0.146. The summed E-state index contributed by atoms with van der Waals surface area (Å²) in [4.78, 5) is 24.7. The van der Waals surface area contributed by atoms with E-state index in [1.807, 2.05) is 31.2 Å². The third-order valence-electron chi connectivity index (χ3n) is 5.53. The Morgan fingerprint density at radius 2 is 1.97 bits per heavy atom. The second-order valence-corrected chi connectivity index (χ2v) is 9.02. The van der Waals surface area contributed by atoms with Crippen LogP contribution in [-0.4, -0.2) is 36.1 Å². The van der Waals surface area contributed by atoms with Gasteiger partial charge < -0.3 is 10.5 Å². The topological polar surface area (TPSA) is 122 Å². The number of aryl methyl sites for hydroxylation is 3. The summed E-state index contributed by atoms with van der Waals surface area (Å²) in [5.74, 6) is 0.812. The number of nitrogen functional groups attached to an aromatic ring is 1. The first kappa shape index (κ1) is 20.5. The first-order chi connectivity index (χ1) is 15.6. The standard InChI is InChI=1S/C22H23N7O2S/c1-13-7-9-14(10-8-13)21-26-28-29(27-21)11-18(30)31-12-17-24-20(23)19-15-5-3-2-4-6-16(15)32-22(19)25-17/h7-10H,2-6,11-12H2,1H3,(H2,23,24,25). The fraction of sp³-hybridized carbons (Fsp3) is 0.364. The molecule has 32 heavy (non-hydrogen) atoms. The van der Waals surface area contributed by atoms with Gasteiger partial charge in [0.25, 0.3) is 0 Å². The predicted octanol–water partition coefficient (Wildman–Crippen LogP) is 3.25. The van der Waals surface area contributed by atoms with Crippen LogP contribution in [0.1, 0.15) is 41.1 Å². The molecular weight excluding hydrogens is 426 g/mol. The number of aromatic nitrogens is 6. The van der Waals surface area contributed by atoms with Gasteiger partial charge in [-0.1, -0.05) is 36.2 Å². The van der Waals surface area contributed by atoms with E-state index in [2.05, 4.69) is 25.4 Å². The van der Waals surface area contributed by atoms with Crippen molar-refractivity contribution >= 4 is 33.3 Å². The lowest BCUT2D eigenvalue weighted by atomic mass is 10.1. The van der Waals surface area contributed by atoms with Gasteiger partial charge in [-0.05, 0) is 43.4 Å². The number of rotatable bonds is 5. The van der Waals surface area contributed by atoms with E-state index in [9.17, 15) is 4.79 Å². The first-order valence-electron chi connectivity index (χ1n) is 10.6. The Hall–Kier alpha value is -3.40. The Morgan fingerprint density at radius 3 is 2.81 bits per heavy atom.